The second kappa shape index (κ2) is 58.2. The van der Waals surface area contributed by atoms with E-state index in [-0.39, 0.29) is 18.9 Å². The van der Waals surface area contributed by atoms with Crippen LogP contribution in [0.15, 0.2) is 122 Å². The maximum Gasteiger partial charge on any atom is 0.220 e. The number of aliphatic hydroxyl groups excluding tert-OH is 8. The molecule has 12 atom stereocenters. The Balaban J connectivity index is 1.74. The second-order valence-corrected chi connectivity index (χ2v) is 24.3. The summed E-state index contributed by atoms with van der Waals surface area (Å²) in [6.45, 7) is 2.65. The lowest BCUT2D eigenvalue weighted by atomic mass is 9.97. The van der Waals surface area contributed by atoms with E-state index in [2.05, 4.69) is 129 Å². The first-order chi connectivity index (χ1) is 43.6. The highest BCUT2D eigenvalue weighted by molar-refractivity contribution is 5.76. The molecule has 1 amide bonds. The van der Waals surface area contributed by atoms with Crippen molar-refractivity contribution in [2.75, 3.05) is 19.8 Å². The van der Waals surface area contributed by atoms with Gasteiger partial charge in [0.15, 0.2) is 12.6 Å². The summed E-state index contributed by atoms with van der Waals surface area (Å²) in [7, 11) is 0. The van der Waals surface area contributed by atoms with Crippen molar-refractivity contribution in [2.24, 2.45) is 0 Å². The van der Waals surface area contributed by atoms with Crippen molar-refractivity contribution >= 4 is 5.91 Å². The second-order valence-electron chi connectivity index (χ2n) is 24.3. The third-order valence-corrected chi connectivity index (χ3v) is 16.4. The summed E-state index contributed by atoms with van der Waals surface area (Å²) in [4.78, 5) is 13.3. The summed E-state index contributed by atoms with van der Waals surface area (Å²) in [5, 5.41) is 87.4. The number of unbranched alkanes of at least 4 members (excludes halogenated alkanes) is 25. The summed E-state index contributed by atoms with van der Waals surface area (Å²) in [6.07, 6.45) is 68.3. The number of carbonyl (C=O) groups excluding carboxylic acids is 1. The molecule has 510 valence electrons. The van der Waals surface area contributed by atoms with Crippen molar-refractivity contribution in [3.8, 4) is 0 Å². The first-order valence-electron chi connectivity index (χ1n) is 35.3. The maximum atomic E-state index is 13.3. The van der Waals surface area contributed by atoms with Gasteiger partial charge in [0.25, 0.3) is 0 Å². The third-order valence-electron chi connectivity index (χ3n) is 16.4. The quantitative estimate of drug-likeness (QED) is 0.0204. The lowest BCUT2D eigenvalue weighted by Crippen LogP contribution is -2.65. The summed E-state index contributed by atoms with van der Waals surface area (Å²) in [5.41, 5.74) is 0. The normalized spacial score (nSPS) is 23.8. The third kappa shape index (κ3) is 42.3. The predicted molar refractivity (Wildman–Crippen MR) is 364 cm³/mol. The van der Waals surface area contributed by atoms with Crippen molar-refractivity contribution in [3.05, 3.63) is 122 Å². The molecule has 14 nitrogen and oxygen atoms in total. The van der Waals surface area contributed by atoms with Crippen LogP contribution in [-0.2, 0) is 23.7 Å². The smallest absolute Gasteiger partial charge is 0.220 e. The van der Waals surface area contributed by atoms with E-state index < -0.39 is 86.8 Å². The van der Waals surface area contributed by atoms with Gasteiger partial charge in [-0.25, -0.2) is 0 Å². The molecular weight excluding hydrogens is 1120 g/mol. The molecule has 0 aromatic rings. The van der Waals surface area contributed by atoms with E-state index in [9.17, 15) is 45.6 Å². The van der Waals surface area contributed by atoms with Gasteiger partial charge in [-0.05, 0) is 96.3 Å². The molecule has 0 aromatic carbocycles. The van der Waals surface area contributed by atoms with Gasteiger partial charge in [-0.1, -0.05) is 270 Å². The van der Waals surface area contributed by atoms with Gasteiger partial charge in [-0.15, -0.1) is 0 Å². The molecule has 0 aliphatic carbocycles. The number of allylic oxidation sites excluding steroid dienone is 19. The Labute approximate surface area is 539 Å². The standard InChI is InChI=1S/C75H127NO13/c1-3-5-7-9-11-13-15-17-19-21-23-25-27-29-31-33-34-36-38-40-42-44-46-48-50-52-54-56-58-64(79)63(62-86-74-72(85)70(83)73(66(61-78)88-74)89-75-71(84)69(82)68(81)65(60-77)87-75)76-67(80)59-57-55-53-51-49-47-45-43-41-39-37-35-32-30-28-26-24-22-20-18-16-14-12-10-8-6-4-2/h6,8,12,14,18,20,24,26,30,32,37,39,43,45,48-51,56,58,63-66,68-75,77-79,81-85H,3-5,7,9-11,13,15-17,19,21-23,25,27-29,31,33-36,38,40-42,44,46-47,52-55,57,59-62H2,1-2H3,(H,76,80)/b8-6-,14-12-,20-18-,26-24-,32-30-,39-37-,45-43-,50-48+,51-49-,58-56+. The van der Waals surface area contributed by atoms with Crippen molar-refractivity contribution in [1.29, 1.82) is 0 Å². The molecule has 12 unspecified atom stereocenters. The van der Waals surface area contributed by atoms with Crippen LogP contribution in [0.4, 0.5) is 0 Å². The summed E-state index contributed by atoms with van der Waals surface area (Å²) in [5.74, 6) is -0.294. The Morgan fingerprint density at radius 3 is 1.24 bits per heavy atom. The van der Waals surface area contributed by atoms with E-state index in [1.807, 2.05) is 6.08 Å². The maximum absolute atomic E-state index is 13.3. The molecule has 2 fully saturated rings. The molecule has 0 bridgehead atoms. The number of carbonyl (C=O) groups is 1. The average molecular weight is 1250 g/mol. The van der Waals surface area contributed by atoms with E-state index in [1.165, 1.54) is 141 Å². The van der Waals surface area contributed by atoms with E-state index >= 15 is 0 Å². The largest absolute Gasteiger partial charge is 0.394 e. The van der Waals surface area contributed by atoms with Gasteiger partial charge in [0, 0.05) is 6.42 Å². The molecular formula is C75H127NO13. The van der Waals surface area contributed by atoms with E-state index in [4.69, 9.17) is 18.9 Å². The fourth-order valence-electron chi connectivity index (χ4n) is 10.8. The van der Waals surface area contributed by atoms with Gasteiger partial charge in [-0.2, -0.15) is 0 Å². The zero-order chi connectivity index (χ0) is 64.5. The van der Waals surface area contributed by atoms with Crippen LogP contribution in [0, 0.1) is 0 Å². The first-order valence-corrected chi connectivity index (χ1v) is 35.3. The van der Waals surface area contributed by atoms with E-state index in [1.54, 1.807) is 6.08 Å². The van der Waals surface area contributed by atoms with Crippen LogP contribution in [0.2, 0.25) is 0 Å². The van der Waals surface area contributed by atoms with Gasteiger partial charge in [-0.3, -0.25) is 4.79 Å². The lowest BCUT2D eigenvalue weighted by molar-refractivity contribution is -0.359. The summed E-state index contributed by atoms with van der Waals surface area (Å²) >= 11 is 0. The number of hydrogen-bond acceptors (Lipinski definition) is 13. The molecule has 89 heavy (non-hydrogen) atoms. The molecule has 2 aliphatic rings. The minimum atomic E-state index is -1.80. The molecule has 0 aromatic heterocycles. The van der Waals surface area contributed by atoms with Crippen LogP contribution in [0.5, 0.6) is 0 Å². The molecule has 0 spiro atoms. The number of amides is 1. The molecule has 2 heterocycles. The first kappa shape index (κ1) is 81.5. The molecule has 0 saturated carbocycles. The summed E-state index contributed by atoms with van der Waals surface area (Å²) < 4.78 is 22.8. The molecule has 0 radical (unpaired) electrons. The highest BCUT2D eigenvalue weighted by Crippen LogP contribution is 2.30. The van der Waals surface area contributed by atoms with Crippen molar-refractivity contribution in [2.45, 2.75) is 325 Å². The number of hydrogen-bond donors (Lipinski definition) is 9. The molecule has 9 N–H and O–H groups in total. The Hall–Kier alpha value is -3.61. The van der Waals surface area contributed by atoms with Gasteiger partial charge in [0.1, 0.15) is 48.8 Å². The van der Waals surface area contributed by atoms with Gasteiger partial charge in [0.2, 0.25) is 5.91 Å². The van der Waals surface area contributed by atoms with Crippen LogP contribution in [0.25, 0.3) is 0 Å². The number of rotatable bonds is 56. The van der Waals surface area contributed by atoms with Gasteiger partial charge < -0.3 is 65.1 Å². The number of aliphatic hydroxyl groups is 8. The van der Waals surface area contributed by atoms with E-state index in [0.29, 0.717) is 12.8 Å². The van der Waals surface area contributed by atoms with Crippen LogP contribution < -0.4 is 5.32 Å². The Kier molecular flexibility index (Phi) is 53.3. The zero-order valence-corrected chi connectivity index (χ0v) is 55.4. The van der Waals surface area contributed by atoms with Crippen molar-refractivity contribution in [1.82, 2.24) is 5.32 Å². The fourth-order valence-corrected chi connectivity index (χ4v) is 10.8. The molecule has 2 aliphatic heterocycles. The number of ether oxygens (including phenoxy) is 4. The Morgan fingerprint density at radius 2 is 0.787 bits per heavy atom. The minimum Gasteiger partial charge on any atom is -0.394 e. The Morgan fingerprint density at radius 1 is 0.416 bits per heavy atom. The topological polar surface area (TPSA) is 228 Å². The van der Waals surface area contributed by atoms with Crippen LogP contribution >= 0.6 is 0 Å². The van der Waals surface area contributed by atoms with Crippen LogP contribution in [0.3, 0.4) is 0 Å². The monoisotopic (exact) mass is 1250 g/mol. The van der Waals surface area contributed by atoms with Crippen LogP contribution in [-0.4, -0.2) is 140 Å². The highest BCUT2D eigenvalue weighted by atomic mass is 16.7. The fraction of sp³-hybridized carbons (Fsp3) is 0.720. The van der Waals surface area contributed by atoms with Crippen molar-refractivity contribution in [3.63, 3.8) is 0 Å². The Bertz CT molecular complexity index is 1960. The van der Waals surface area contributed by atoms with E-state index in [0.717, 1.165) is 77.0 Å². The predicted octanol–water partition coefficient (Wildman–Crippen LogP) is 14.5. The van der Waals surface area contributed by atoms with Gasteiger partial charge in [0.05, 0.1) is 32.0 Å². The van der Waals surface area contributed by atoms with Crippen LogP contribution in [0.1, 0.15) is 251 Å². The average Bonchev–Trinajstić information content (AvgIpc) is 2.75. The highest BCUT2D eigenvalue weighted by Gasteiger charge is 2.51. The van der Waals surface area contributed by atoms with Gasteiger partial charge >= 0.3 is 0 Å². The molecule has 2 rings (SSSR count). The number of nitrogens with one attached hydrogen (secondary N) is 1. The minimum absolute atomic E-state index is 0.210. The molecule has 14 heteroatoms. The SMILES string of the molecule is CC/C=C\C/C=C\C/C=C\C/C=C\C/C=C\C/C=C\C/C=C\C/C=C\CCCCC(=O)NC(COC1OC(CO)C(OC2OC(CO)C(O)C(O)C2O)C(O)C1O)C(O)/C=C/CC/C=C/CCCCCCCCCCCCCCCCCCCCCCCC. The molecule has 2 saturated heterocycles. The zero-order valence-electron chi connectivity index (χ0n) is 55.4. The van der Waals surface area contributed by atoms with Crippen molar-refractivity contribution < 1.29 is 64.6 Å². The summed E-state index contributed by atoms with van der Waals surface area (Å²) in [6, 6.07) is -0.966. The lowest BCUT2D eigenvalue weighted by Gasteiger charge is -2.46.